The number of carbonyl (C=O) groups excluding carboxylic acids is 2. The van der Waals surface area contributed by atoms with E-state index in [0.29, 0.717) is 17.4 Å². The first kappa shape index (κ1) is 77.4. The van der Waals surface area contributed by atoms with Gasteiger partial charge in [0.05, 0.1) is 33.8 Å². The number of rotatable bonds is 58. The van der Waals surface area contributed by atoms with Gasteiger partial charge in [-0.1, -0.05) is 265 Å². The first-order chi connectivity index (χ1) is 39.4. The second-order valence-corrected chi connectivity index (χ2v) is 24.4. The van der Waals surface area contributed by atoms with Gasteiger partial charge in [-0.25, -0.2) is 4.57 Å². The maximum Gasteiger partial charge on any atom is 0.472 e. The summed E-state index contributed by atoms with van der Waals surface area (Å²) in [7, 11) is 1.43. The second-order valence-electron chi connectivity index (χ2n) is 22.9. The zero-order chi connectivity index (χ0) is 59.3. The number of hydrogen-bond donors (Lipinski definition) is 2. The van der Waals surface area contributed by atoms with Gasteiger partial charge in [0.25, 0.3) is 0 Å². The molecule has 0 fully saturated rings. The number of nitrogens with zero attached hydrogens (tertiary/aromatic N) is 1. The predicted octanol–water partition coefficient (Wildman–Crippen LogP) is 20.7. The molecule has 464 valence electrons. The number of amides is 1. The quantitative estimate of drug-likeness (QED) is 0.0205. The predicted molar refractivity (Wildman–Crippen MR) is 350 cm³/mol. The molecule has 0 aromatic heterocycles. The number of hydrogen-bond acceptors (Lipinski definition) is 6. The molecular weight excluding hydrogens is 1020 g/mol. The molecule has 0 aromatic rings. The van der Waals surface area contributed by atoms with Crippen LogP contribution >= 0.6 is 7.82 Å². The first-order valence-electron chi connectivity index (χ1n) is 32.9. The Balaban J connectivity index is 5.32. The molecule has 0 aliphatic rings. The molecule has 3 atom stereocenters. The first-order valence-corrected chi connectivity index (χ1v) is 34.4. The Morgan fingerprint density at radius 3 is 1.23 bits per heavy atom. The highest BCUT2D eigenvalue weighted by Crippen LogP contribution is 2.43. The summed E-state index contributed by atoms with van der Waals surface area (Å²) in [5.74, 6) is -0.611. The van der Waals surface area contributed by atoms with E-state index in [2.05, 4.69) is 129 Å². The zero-order valence-corrected chi connectivity index (χ0v) is 53.9. The van der Waals surface area contributed by atoms with Gasteiger partial charge >= 0.3 is 13.8 Å². The largest absolute Gasteiger partial charge is 0.472 e. The average Bonchev–Trinajstić information content (AvgIpc) is 3.44. The van der Waals surface area contributed by atoms with E-state index in [1.165, 1.54) is 122 Å². The highest BCUT2D eigenvalue weighted by atomic mass is 31.2. The number of phosphoric acid groups is 1. The smallest absolute Gasteiger partial charge is 0.456 e. The Morgan fingerprint density at radius 1 is 0.444 bits per heavy atom. The van der Waals surface area contributed by atoms with E-state index < -0.39 is 20.0 Å². The lowest BCUT2D eigenvalue weighted by Gasteiger charge is -2.27. The van der Waals surface area contributed by atoms with Crippen molar-refractivity contribution in [3.63, 3.8) is 0 Å². The second kappa shape index (κ2) is 59.6. The molecule has 2 N–H and O–H groups in total. The molecule has 0 radical (unpaired) electrons. The molecular formula is C71H124N2O7P+. The summed E-state index contributed by atoms with van der Waals surface area (Å²) >= 11 is 0. The third-order valence-electron chi connectivity index (χ3n) is 13.9. The molecule has 0 aliphatic heterocycles. The van der Waals surface area contributed by atoms with Crippen LogP contribution in [0.15, 0.2) is 122 Å². The van der Waals surface area contributed by atoms with E-state index in [4.69, 9.17) is 13.8 Å². The normalized spacial score (nSPS) is 14.4. The molecule has 0 spiro atoms. The highest BCUT2D eigenvalue weighted by molar-refractivity contribution is 7.47. The third kappa shape index (κ3) is 60.8. The van der Waals surface area contributed by atoms with Crippen molar-refractivity contribution in [1.82, 2.24) is 5.32 Å². The molecule has 0 aliphatic carbocycles. The van der Waals surface area contributed by atoms with Crippen LogP contribution in [0.25, 0.3) is 0 Å². The van der Waals surface area contributed by atoms with Crippen LogP contribution in [-0.2, 0) is 27.9 Å². The van der Waals surface area contributed by atoms with Crippen LogP contribution in [0.1, 0.15) is 265 Å². The van der Waals surface area contributed by atoms with Crippen LogP contribution < -0.4 is 5.32 Å². The van der Waals surface area contributed by atoms with Gasteiger partial charge in [0.2, 0.25) is 5.91 Å². The maximum absolute atomic E-state index is 13.5. The van der Waals surface area contributed by atoms with Gasteiger partial charge in [-0.2, -0.15) is 0 Å². The fourth-order valence-electron chi connectivity index (χ4n) is 8.85. The third-order valence-corrected chi connectivity index (χ3v) is 14.9. The average molecular weight is 1150 g/mol. The molecule has 0 saturated carbocycles. The molecule has 3 unspecified atom stereocenters. The summed E-state index contributed by atoms with van der Waals surface area (Å²) in [5.41, 5.74) is 0. The van der Waals surface area contributed by atoms with E-state index in [9.17, 15) is 19.0 Å². The lowest BCUT2D eigenvalue weighted by atomic mass is 10.0. The fraction of sp³-hybridized carbons (Fsp3) is 0.690. The van der Waals surface area contributed by atoms with Crippen LogP contribution in [0.4, 0.5) is 0 Å². The minimum absolute atomic E-state index is 0.0202. The van der Waals surface area contributed by atoms with E-state index in [-0.39, 0.29) is 37.9 Å². The lowest BCUT2D eigenvalue weighted by molar-refractivity contribution is -0.870. The summed E-state index contributed by atoms with van der Waals surface area (Å²) in [6.45, 7) is 6.81. The minimum Gasteiger partial charge on any atom is -0.456 e. The summed E-state index contributed by atoms with van der Waals surface area (Å²) < 4.78 is 30.7. The summed E-state index contributed by atoms with van der Waals surface area (Å²) in [6.07, 6.45) is 83.6. The van der Waals surface area contributed by atoms with Gasteiger partial charge in [-0.15, -0.1) is 0 Å². The number of esters is 1. The fourth-order valence-corrected chi connectivity index (χ4v) is 9.59. The van der Waals surface area contributed by atoms with Crippen LogP contribution in [0.2, 0.25) is 0 Å². The molecule has 0 heterocycles. The van der Waals surface area contributed by atoms with E-state index in [1.807, 2.05) is 39.4 Å². The van der Waals surface area contributed by atoms with Crippen LogP contribution in [0.5, 0.6) is 0 Å². The van der Waals surface area contributed by atoms with Crippen LogP contribution in [-0.4, -0.2) is 74.3 Å². The number of phosphoric ester groups is 1. The number of quaternary nitrogens is 1. The molecule has 0 saturated heterocycles. The molecule has 1 amide bonds. The highest BCUT2D eigenvalue weighted by Gasteiger charge is 2.30. The van der Waals surface area contributed by atoms with E-state index >= 15 is 0 Å². The Hall–Kier alpha value is -3.59. The van der Waals surface area contributed by atoms with Gasteiger partial charge in [0, 0.05) is 12.8 Å². The standard InChI is InChI=1S/C71H123N2O7P/c1-7-10-13-16-19-22-25-28-30-32-34-35-36-37-39-41-43-46-49-52-55-58-61-64-71(75)80-69(62-59-56-53-50-47-44-27-24-21-18-15-12-9-3)68(67-79-81(76,77)78-66-65-73(4,5)6)72-70(74)63-60-57-54-51-48-45-42-40-38-33-31-29-26-23-20-17-14-11-8-2/h11,14,19-20,22-23,28-31,34-35,38,40,45,48,54,57,59,62,68-69H,7-10,12-13,15-18,21,24-27,32-33,36-37,39,41-44,46-47,49-53,55-56,58,60-61,63-67H2,1-6H3,(H-,72,74,76,77)/p+1/b14-11-,22-19-,23-20-,30-28-,31-29-,35-34-,40-38-,48-45-,57-54-,62-59+. The lowest BCUT2D eigenvalue weighted by Crippen LogP contribution is -2.47. The maximum atomic E-state index is 13.5. The zero-order valence-electron chi connectivity index (χ0n) is 53.0. The van der Waals surface area contributed by atoms with Gasteiger partial charge in [-0.05, 0) is 109 Å². The number of likely N-dealkylation sites (N-methyl/N-ethyl adjacent to an activating group) is 1. The van der Waals surface area contributed by atoms with Gasteiger partial charge in [0.15, 0.2) is 0 Å². The minimum atomic E-state index is -4.48. The Bertz CT molecular complexity index is 1800. The Morgan fingerprint density at radius 2 is 0.802 bits per heavy atom. The SMILES string of the molecule is CC/C=C\C/C=C\C/C=C\C/C=C\C/C=C\C/C=C\CCC(=O)NC(COP(=O)(O)OCC[N+](C)(C)C)C(/C=C/CCCCCCCCCCCCC)OC(=O)CCCCCCCCCCCC/C=C\C/C=C\C/C=C\CCCCC. The van der Waals surface area contributed by atoms with Crippen molar-refractivity contribution in [3.05, 3.63) is 122 Å². The van der Waals surface area contributed by atoms with Gasteiger partial charge in [-0.3, -0.25) is 18.6 Å². The van der Waals surface area contributed by atoms with E-state index in [1.54, 1.807) is 0 Å². The number of ether oxygens (including phenoxy) is 1. The summed E-state index contributed by atoms with van der Waals surface area (Å²) in [5, 5.41) is 3.01. The van der Waals surface area contributed by atoms with Crippen molar-refractivity contribution < 1.29 is 37.3 Å². The van der Waals surface area contributed by atoms with Crippen molar-refractivity contribution >= 4 is 19.7 Å². The Labute approximate surface area is 499 Å². The molecule has 10 heteroatoms. The summed E-state index contributed by atoms with van der Waals surface area (Å²) in [6, 6.07) is -0.899. The van der Waals surface area contributed by atoms with Crippen molar-refractivity contribution in [2.75, 3.05) is 40.9 Å². The topological polar surface area (TPSA) is 111 Å². The van der Waals surface area contributed by atoms with Gasteiger partial charge in [0.1, 0.15) is 19.3 Å². The number of unbranched alkanes of at least 4 members (excludes halogenated alkanes) is 24. The molecule has 0 aromatic carbocycles. The van der Waals surface area contributed by atoms with Crippen molar-refractivity contribution in [1.29, 1.82) is 0 Å². The Kier molecular flexibility index (Phi) is 56.9. The monoisotopic (exact) mass is 1150 g/mol. The number of nitrogens with one attached hydrogen (secondary N) is 1. The van der Waals surface area contributed by atoms with Crippen molar-refractivity contribution in [2.24, 2.45) is 0 Å². The molecule has 0 bridgehead atoms. The molecule has 0 rings (SSSR count). The molecule has 81 heavy (non-hydrogen) atoms. The number of carbonyl (C=O) groups is 2. The van der Waals surface area contributed by atoms with Gasteiger partial charge < -0.3 is 19.4 Å². The van der Waals surface area contributed by atoms with Crippen molar-refractivity contribution in [2.45, 2.75) is 277 Å². The van der Waals surface area contributed by atoms with Crippen LogP contribution in [0.3, 0.4) is 0 Å². The van der Waals surface area contributed by atoms with Crippen LogP contribution in [0, 0.1) is 0 Å². The number of allylic oxidation sites excluding steroid dienone is 19. The van der Waals surface area contributed by atoms with E-state index in [0.717, 1.165) is 103 Å². The van der Waals surface area contributed by atoms with Crippen molar-refractivity contribution in [3.8, 4) is 0 Å². The molecule has 9 nitrogen and oxygen atoms in total. The summed E-state index contributed by atoms with van der Waals surface area (Å²) in [4.78, 5) is 37.8.